The third kappa shape index (κ3) is 5.65. The van der Waals surface area contributed by atoms with Crippen LogP contribution >= 0.6 is 0 Å². The number of hydrogen-bond acceptors (Lipinski definition) is 8. The molecule has 1 aliphatic rings. The minimum atomic E-state index is -0.889. The van der Waals surface area contributed by atoms with Crippen molar-refractivity contribution in [2.24, 2.45) is 0 Å². The number of amides is 1. The molecule has 2 aromatic heterocycles. The Morgan fingerprint density at radius 1 is 0.950 bits per heavy atom. The highest BCUT2D eigenvalue weighted by atomic mass is 19.1. The van der Waals surface area contributed by atoms with Gasteiger partial charge in [-0.05, 0) is 42.4 Å². The molecule has 0 bridgehead atoms. The Kier molecular flexibility index (Phi) is 8.04. The zero-order valence-corrected chi connectivity index (χ0v) is 22.4. The molecule has 208 valence electrons. The Morgan fingerprint density at radius 3 is 2.33 bits per heavy atom. The first-order valence-corrected chi connectivity index (χ1v) is 12.7. The largest absolute Gasteiger partial charge is 0.494 e. The van der Waals surface area contributed by atoms with Gasteiger partial charge in [0.1, 0.15) is 11.3 Å². The van der Waals surface area contributed by atoms with Gasteiger partial charge in [0.2, 0.25) is 0 Å². The number of ether oxygens (including phenoxy) is 3. The van der Waals surface area contributed by atoms with Crippen molar-refractivity contribution >= 4 is 22.8 Å². The number of fused-ring (bicyclic) bond motifs is 1. The molecule has 9 nitrogen and oxygen atoms in total. The lowest BCUT2D eigenvalue weighted by atomic mass is 9.98. The number of benzene rings is 2. The number of carbonyl (C=O) groups is 1. The van der Waals surface area contributed by atoms with Gasteiger partial charge in [0.15, 0.2) is 28.9 Å². The second-order valence-electron chi connectivity index (χ2n) is 9.44. The van der Waals surface area contributed by atoms with E-state index < -0.39 is 17.7 Å². The minimum Gasteiger partial charge on any atom is -0.494 e. The van der Waals surface area contributed by atoms with Crippen molar-refractivity contribution in [3.63, 3.8) is 0 Å². The van der Waals surface area contributed by atoms with Gasteiger partial charge in [0, 0.05) is 56.6 Å². The van der Waals surface area contributed by atoms with Crippen molar-refractivity contribution in [2.45, 2.75) is 6.54 Å². The molecule has 0 aliphatic carbocycles. The fraction of sp³-hybridized carbons (Fsp3) is 0.276. The monoisotopic (exact) mass is 549 g/mol. The maximum Gasteiger partial charge on any atom is 0.418 e. The summed E-state index contributed by atoms with van der Waals surface area (Å²) in [5.74, 6) is -1.69. The first kappa shape index (κ1) is 27.2. The second kappa shape index (κ2) is 11.8. The van der Waals surface area contributed by atoms with Gasteiger partial charge in [0.25, 0.3) is 0 Å². The van der Waals surface area contributed by atoms with Gasteiger partial charge in [-0.3, -0.25) is 15.2 Å². The van der Waals surface area contributed by atoms with Crippen LogP contribution in [0, 0.1) is 11.6 Å². The maximum atomic E-state index is 15.2. The number of nitrogens with zero attached hydrogens (tertiary/aromatic N) is 4. The van der Waals surface area contributed by atoms with Gasteiger partial charge in [-0.1, -0.05) is 12.1 Å². The minimum absolute atomic E-state index is 0.110. The Balaban J connectivity index is 1.35. The van der Waals surface area contributed by atoms with Crippen LogP contribution in [-0.2, 0) is 6.54 Å². The Morgan fingerprint density at radius 2 is 1.68 bits per heavy atom. The van der Waals surface area contributed by atoms with Crippen molar-refractivity contribution in [2.75, 3.05) is 52.8 Å². The second-order valence-corrected chi connectivity index (χ2v) is 9.44. The summed E-state index contributed by atoms with van der Waals surface area (Å²) >= 11 is 0. The number of rotatable bonds is 7. The summed E-state index contributed by atoms with van der Waals surface area (Å²) in [6, 6.07) is 10.9. The predicted octanol–water partition coefficient (Wildman–Crippen LogP) is 4.95. The lowest BCUT2D eigenvalue weighted by Crippen LogP contribution is -2.43. The van der Waals surface area contributed by atoms with Gasteiger partial charge in [-0.25, -0.2) is 18.6 Å². The third-order valence-corrected chi connectivity index (χ3v) is 6.84. The number of hydrogen-bond donors (Lipinski definition) is 1. The molecule has 4 aromatic rings. The van der Waals surface area contributed by atoms with Gasteiger partial charge < -0.3 is 19.1 Å². The first-order valence-electron chi connectivity index (χ1n) is 12.7. The van der Waals surface area contributed by atoms with E-state index in [2.05, 4.69) is 32.1 Å². The number of halogens is 2. The summed E-state index contributed by atoms with van der Waals surface area (Å²) in [4.78, 5) is 26.0. The standard InChI is InChI=1S/C29H29F2N5O4/c1-35-11-13-36(14-12-35)17-18-6-9-24(33-16-18)34-29(37)40-21-8-7-19(20-5-4-10-32-28(20)21)25-26(30)22(38-2)15-23(39-3)27(25)31/h4-10,15-16H,11-14,17H2,1-3H3,(H,33,34,37). The van der Waals surface area contributed by atoms with Gasteiger partial charge >= 0.3 is 6.09 Å². The summed E-state index contributed by atoms with van der Waals surface area (Å²) in [6.07, 6.45) is 2.45. The van der Waals surface area contributed by atoms with E-state index in [1.54, 1.807) is 24.4 Å². The number of methoxy groups -OCH3 is 2. The van der Waals surface area contributed by atoms with Gasteiger partial charge in [-0.2, -0.15) is 0 Å². The number of pyridine rings is 2. The van der Waals surface area contributed by atoms with Crippen LogP contribution in [0.25, 0.3) is 22.0 Å². The molecule has 1 aliphatic heterocycles. The van der Waals surface area contributed by atoms with Crippen LogP contribution in [0.3, 0.4) is 0 Å². The van der Waals surface area contributed by atoms with Gasteiger partial charge in [-0.15, -0.1) is 0 Å². The molecule has 3 heterocycles. The summed E-state index contributed by atoms with van der Waals surface area (Å²) in [5, 5.41) is 2.98. The summed E-state index contributed by atoms with van der Waals surface area (Å²) in [5.41, 5.74) is 1.14. The molecule has 11 heteroatoms. The molecule has 5 rings (SSSR count). The van der Waals surface area contributed by atoms with Crippen LogP contribution in [0.4, 0.5) is 19.4 Å². The maximum absolute atomic E-state index is 15.2. The highest BCUT2D eigenvalue weighted by Crippen LogP contribution is 2.41. The lowest BCUT2D eigenvalue weighted by molar-refractivity contribution is 0.148. The van der Waals surface area contributed by atoms with E-state index in [-0.39, 0.29) is 33.9 Å². The van der Waals surface area contributed by atoms with Crippen molar-refractivity contribution in [3.8, 4) is 28.4 Å². The highest BCUT2D eigenvalue weighted by molar-refractivity contribution is 6.00. The van der Waals surface area contributed by atoms with Crippen LogP contribution in [0.1, 0.15) is 5.56 Å². The molecule has 0 unspecified atom stereocenters. The van der Waals surface area contributed by atoms with Crippen molar-refractivity contribution < 1.29 is 27.8 Å². The van der Waals surface area contributed by atoms with Crippen LogP contribution < -0.4 is 19.5 Å². The number of piperazine rings is 1. The molecule has 1 N–H and O–H groups in total. The normalized spacial score (nSPS) is 14.2. The molecule has 0 radical (unpaired) electrons. The fourth-order valence-electron chi connectivity index (χ4n) is 4.66. The van der Waals surface area contributed by atoms with Crippen molar-refractivity contribution in [3.05, 3.63) is 72.1 Å². The zero-order valence-electron chi connectivity index (χ0n) is 22.4. The van der Waals surface area contributed by atoms with Crippen LogP contribution in [0.15, 0.2) is 54.9 Å². The summed E-state index contributed by atoms with van der Waals surface area (Å²) < 4.78 is 46.2. The molecular weight excluding hydrogens is 520 g/mol. The van der Waals surface area contributed by atoms with Gasteiger partial charge in [0.05, 0.1) is 19.8 Å². The Bertz CT molecular complexity index is 1500. The highest BCUT2D eigenvalue weighted by Gasteiger charge is 2.24. The average molecular weight is 550 g/mol. The van der Waals surface area contributed by atoms with Crippen LogP contribution in [-0.4, -0.2) is 73.3 Å². The number of nitrogens with one attached hydrogen (secondary N) is 1. The van der Waals surface area contributed by atoms with Crippen molar-refractivity contribution in [1.82, 2.24) is 19.8 Å². The average Bonchev–Trinajstić information content (AvgIpc) is 2.96. The van der Waals surface area contributed by atoms with E-state index in [0.717, 1.165) is 44.4 Å². The Labute approximate surface area is 230 Å². The molecule has 0 atom stereocenters. The lowest BCUT2D eigenvalue weighted by Gasteiger charge is -2.32. The van der Waals surface area contributed by atoms with E-state index in [4.69, 9.17) is 14.2 Å². The van der Waals surface area contributed by atoms with E-state index in [1.165, 1.54) is 32.5 Å². The molecule has 1 amide bonds. The first-order chi connectivity index (χ1) is 19.4. The molecule has 1 saturated heterocycles. The van der Waals surface area contributed by atoms with E-state index >= 15 is 8.78 Å². The van der Waals surface area contributed by atoms with Crippen molar-refractivity contribution in [1.29, 1.82) is 0 Å². The molecule has 1 fully saturated rings. The molecule has 0 saturated carbocycles. The van der Waals surface area contributed by atoms with Crippen LogP contribution in [0.5, 0.6) is 17.2 Å². The zero-order chi connectivity index (χ0) is 28.2. The smallest absolute Gasteiger partial charge is 0.418 e. The van der Waals surface area contributed by atoms with E-state index in [9.17, 15) is 4.79 Å². The van der Waals surface area contributed by atoms with E-state index in [1.807, 2.05) is 6.07 Å². The van der Waals surface area contributed by atoms with Crippen LogP contribution in [0.2, 0.25) is 0 Å². The number of carbonyl (C=O) groups excluding carboxylic acids is 1. The predicted molar refractivity (Wildman–Crippen MR) is 147 cm³/mol. The fourth-order valence-corrected chi connectivity index (χ4v) is 4.66. The third-order valence-electron chi connectivity index (χ3n) is 6.84. The molecule has 2 aromatic carbocycles. The molecule has 0 spiro atoms. The quantitative estimate of drug-likeness (QED) is 0.347. The molecular formula is C29H29F2N5O4. The summed E-state index contributed by atoms with van der Waals surface area (Å²) in [6.45, 7) is 4.83. The topological polar surface area (TPSA) is 89.1 Å². The Hall–Kier alpha value is -4.35. The summed E-state index contributed by atoms with van der Waals surface area (Å²) in [7, 11) is 4.68. The number of anilines is 1. The SMILES string of the molecule is COc1cc(OC)c(F)c(-c2ccc(OC(=O)Nc3ccc(CN4CCN(C)CC4)cn3)c3ncccc23)c1F. The van der Waals surface area contributed by atoms with E-state index in [0.29, 0.717) is 11.2 Å². The number of aromatic nitrogens is 2. The number of likely N-dealkylation sites (N-methyl/N-ethyl adjacent to an activating group) is 1. The molecule has 40 heavy (non-hydrogen) atoms.